The molecule has 1 nitrogen and oxygen atoms in total. The van der Waals surface area contributed by atoms with E-state index in [0.29, 0.717) is 0 Å². The Morgan fingerprint density at radius 2 is 1.19 bits per heavy atom. The molecule has 0 spiro atoms. The third-order valence-corrected chi connectivity index (χ3v) is 8.79. The van der Waals surface area contributed by atoms with Crippen LogP contribution in [0, 0.1) is 0 Å². The molecule has 2 aromatic carbocycles. The molecule has 0 heterocycles. The van der Waals surface area contributed by atoms with Gasteiger partial charge in [0.1, 0.15) is 0 Å². The largest absolute Gasteiger partial charge is 0.273 e. The van der Waals surface area contributed by atoms with Crippen LogP contribution < -0.4 is 15.7 Å². The topological polar surface area (TPSA) is 26.0 Å². The molecule has 82 valence electrons. The fourth-order valence-electron chi connectivity index (χ4n) is 1.52. The third-order valence-electron chi connectivity index (χ3n) is 2.34. The summed E-state index contributed by atoms with van der Waals surface area (Å²) in [5.41, 5.74) is 0. The predicted molar refractivity (Wildman–Crippen MR) is 78.2 cm³/mol. The van der Waals surface area contributed by atoms with Crippen molar-refractivity contribution >= 4 is 39.2 Å². The Morgan fingerprint density at radius 1 is 0.812 bits per heavy atom. The first-order valence-corrected chi connectivity index (χ1v) is 9.16. The lowest BCUT2D eigenvalue weighted by atomic mass is 10.4. The molecule has 0 amide bonds. The second kappa shape index (κ2) is 5.15. The summed E-state index contributed by atoms with van der Waals surface area (Å²) in [6.07, 6.45) is 0. The van der Waals surface area contributed by atoms with Crippen molar-refractivity contribution in [3.63, 3.8) is 0 Å². The van der Waals surface area contributed by atoms with E-state index in [0.717, 1.165) is 10.6 Å². The molecule has 0 aliphatic rings. The van der Waals surface area contributed by atoms with E-state index in [4.69, 9.17) is 16.9 Å². The van der Waals surface area contributed by atoms with Gasteiger partial charge >= 0.3 is 0 Å². The Bertz CT molecular complexity index is 455. The van der Waals surface area contributed by atoms with Crippen molar-refractivity contribution in [2.75, 3.05) is 0 Å². The Labute approximate surface area is 105 Å². The zero-order chi connectivity index (χ0) is 11.4. The predicted octanol–water partition coefficient (Wildman–Crippen LogP) is 2.64. The first-order valence-electron chi connectivity index (χ1n) is 4.87. The smallest absolute Gasteiger partial charge is 0.0762 e. The van der Waals surface area contributed by atoms with Crippen molar-refractivity contribution in [1.29, 1.82) is 0 Å². The molecule has 16 heavy (non-hydrogen) atoms. The van der Waals surface area contributed by atoms with Crippen LogP contribution in [0.2, 0.25) is 0 Å². The quantitative estimate of drug-likeness (QED) is 0.682. The fraction of sp³-hybridized carbons (Fsp3) is 0. The molecule has 2 aromatic rings. The minimum absolute atomic E-state index is 1.16. The van der Waals surface area contributed by atoms with Gasteiger partial charge in [0.15, 0.2) is 0 Å². The minimum Gasteiger partial charge on any atom is -0.273 e. The zero-order valence-corrected chi connectivity index (χ0v) is 11.1. The normalized spacial score (nSPS) is 11.3. The molecule has 0 fully saturated rings. The summed E-state index contributed by atoms with van der Waals surface area (Å²) in [6.45, 7) is 0. The maximum atomic E-state index is 5.83. The number of hydrogen-bond acceptors (Lipinski definition) is 3. The lowest BCUT2D eigenvalue weighted by Gasteiger charge is -2.19. The van der Waals surface area contributed by atoms with Gasteiger partial charge in [-0.2, -0.15) is 0 Å². The van der Waals surface area contributed by atoms with Gasteiger partial charge in [-0.3, -0.25) is 5.14 Å². The number of rotatable bonds is 3. The minimum atomic E-state index is -1.88. The van der Waals surface area contributed by atoms with Crippen LogP contribution in [0.1, 0.15) is 0 Å². The molecule has 4 heteroatoms. The molecule has 2 N–H and O–H groups in total. The first kappa shape index (κ1) is 11.9. The zero-order valence-electron chi connectivity index (χ0n) is 8.61. The first-order chi connectivity index (χ1) is 7.77. The third kappa shape index (κ3) is 2.23. The van der Waals surface area contributed by atoms with Crippen molar-refractivity contribution in [3.8, 4) is 0 Å². The second-order valence-corrected chi connectivity index (χ2v) is 10.3. The van der Waals surface area contributed by atoms with E-state index < -0.39 is 5.24 Å². The van der Waals surface area contributed by atoms with E-state index >= 15 is 0 Å². The Kier molecular flexibility index (Phi) is 3.82. The summed E-state index contributed by atoms with van der Waals surface area (Å²) in [7, 11) is 0. The van der Waals surface area contributed by atoms with Crippen molar-refractivity contribution in [1.82, 2.24) is 0 Å². The Balaban J connectivity index is 2.54. The summed E-state index contributed by atoms with van der Waals surface area (Å²) in [5.74, 6) is 0. The molecular weight excluding hydrogens is 253 g/mol. The van der Waals surface area contributed by atoms with E-state index in [-0.39, 0.29) is 0 Å². The molecule has 0 saturated heterocycles. The van der Waals surface area contributed by atoms with Crippen molar-refractivity contribution in [3.05, 3.63) is 60.7 Å². The molecule has 0 aliphatic heterocycles. The summed E-state index contributed by atoms with van der Waals surface area (Å²) in [5, 5.41) is 6.27. The van der Waals surface area contributed by atoms with Gasteiger partial charge in [-0.25, -0.2) is 0 Å². The van der Waals surface area contributed by atoms with E-state index in [9.17, 15) is 0 Å². The van der Waals surface area contributed by atoms with Crippen LogP contribution in [0.15, 0.2) is 60.7 Å². The second-order valence-electron chi connectivity index (χ2n) is 3.33. The molecule has 0 saturated carbocycles. The van der Waals surface area contributed by atoms with Gasteiger partial charge < -0.3 is 0 Å². The van der Waals surface area contributed by atoms with Crippen LogP contribution >= 0.6 is 16.8 Å². The molecule has 0 atom stereocenters. The number of nitrogens with two attached hydrogens (primary N) is 1. The van der Waals surface area contributed by atoms with Gasteiger partial charge in [0.25, 0.3) is 0 Å². The standard InChI is InChI=1S/C12H12NPS2/c13-16-14(15,11-7-3-1-4-8-11)12-9-5-2-6-10-12/h1-10H,13H2. The summed E-state index contributed by atoms with van der Waals surface area (Å²) < 4.78 is 0. The van der Waals surface area contributed by atoms with E-state index in [2.05, 4.69) is 24.3 Å². The average Bonchev–Trinajstić information content (AvgIpc) is 2.40. The van der Waals surface area contributed by atoms with E-state index in [1.165, 1.54) is 11.6 Å². The highest BCUT2D eigenvalue weighted by Crippen LogP contribution is 2.53. The number of hydrogen-bond donors (Lipinski definition) is 1. The van der Waals surface area contributed by atoms with Crippen molar-refractivity contribution in [2.24, 2.45) is 5.14 Å². The molecule has 2 rings (SSSR count). The van der Waals surface area contributed by atoms with Crippen LogP contribution in [0.3, 0.4) is 0 Å². The summed E-state index contributed by atoms with van der Waals surface area (Å²) in [4.78, 5) is 0. The van der Waals surface area contributed by atoms with Gasteiger partial charge in [0.2, 0.25) is 0 Å². The molecule has 0 radical (unpaired) electrons. The molecule has 0 bridgehead atoms. The highest BCUT2D eigenvalue weighted by Gasteiger charge is 2.20. The Morgan fingerprint density at radius 3 is 1.50 bits per heavy atom. The van der Waals surface area contributed by atoms with Crippen LogP contribution in [0.25, 0.3) is 0 Å². The highest BCUT2D eigenvalue weighted by atomic mass is 32.9. The van der Waals surface area contributed by atoms with Crippen LogP contribution in [0.4, 0.5) is 0 Å². The fourth-order valence-corrected chi connectivity index (χ4v) is 5.38. The lowest BCUT2D eigenvalue weighted by Crippen LogP contribution is -2.14. The summed E-state index contributed by atoms with van der Waals surface area (Å²) >= 11 is 7.09. The van der Waals surface area contributed by atoms with Gasteiger partial charge in [0.05, 0.1) is 5.24 Å². The van der Waals surface area contributed by atoms with Crippen LogP contribution in [0.5, 0.6) is 0 Å². The highest BCUT2D eigenvalue weighted by molar-refractivity contribution is 8.74. The Hall–Kier alpha value is -0.600. The lowest BCUT2D eigenvalue weighted by molar-refractivity contribution is 1.76. The van der Waals surface area contributed by atoms with Gasteiger partial charge in [0, 0.05) is 10.6 Å². The maximum Gasteiger partial charge on any atom is 0.0762 e. The maximum absolute atomic E-state index is 5.83. The molecule has 0 aliphatic carbocycles. The van der Waals surface area contributed by atoms with Crippen LogP contribution in [-0.2, 0) is 11.8 Å². The van der Waals surface area contributed by atoms with Crippen LogP contribution in [-0.4, -0.2) is 0 Å². The number of benzene rings is 2. The van der Waals surface area contributed by atoms with E-state index in [1.807, 2.05) is 36.4 Å². The average molecular weight is 265 g/mol. The summed E-state index contributed by atoms with van der Waals surface area (Å²) in [6, 6.07) is 20.3. The SMILES string of the molecule is NSP(=S)(c1ccccc1)c1ccccc1. The monoisotopic (exact) mass is 265 g/mol. The van der Waals surface area contributed by atoms with E-state index in [1.54, 1.807) is 0 Å². The molecule has 0 aromatic heterocycles. The van der Waals surface area contributed by atoms with Crippen molar-refractivity contribution in [2.45, 2.75) is 0 Å². The van der Waals surface area contributed by atoms with Crippen molar-refractivity contribution < 1.29 is 0 Å². The van der Waals surface area contributed by atoms with Gasteiger partial charge in [-0.15, -0.1) is 0 Å². The molecular formula is C12H12NPS2. The molecule has 0 unspecified atom stereocenters. The van der Waals surface area contributed by atoms with Gasteiger partial charge in [-0.1, -0.05) is 72.5 Å². The van der Waals surface area contributed by atoms with Gasteiger partial charge in [-0.05, 0) is 11.6 Å².